The quantitative estimate of drug-likeness (QED) is 0.388. The van der Waals surface area contributed by atoms with E-state index >= 15 is 0 Å². The van der Waals surface area contributed by atoms with Gasteiger partial charge in [0.2, 0.25) is 5.91 Å². The maximum absolute atomic E-state index is 13.3. The standard InChI is InChI=1S/C24H24F2N4O3S/c1-30(20-8-10-21(33-2)11-9-20)23(31)22(12-16-6-4-3-5-7-16)27-24(32)29-34-28-19-14-17(25)13-18(26)15-19/h3-11,13-15,22,28H,12H2,1-2H3,(H2,27,29,32). The van der Waals surface area contributed by atoms with Gasteiger partial charge in [-0.15, -0.1) is 0 Å². The summed E-state index contributed by atoms with van der Waals surface area (Å²) >= 11 is 0.717. The SMILES string of the molecule is COc1ccc(N(C)C(=O)C(Cc2ccccc2)NC(=O)NSNc2cc(F)cc(F)c2)cc1. The molecular weight excluding hydrogens is 462 g/mol. The van der Waals surface area contributed by atoms with Crippen molar-refractivity contribution in [1.29, 1.82) is 0 Å². The second kappa shape index (κ2) is 11.9. The first kappa shape index (κ1) is 24.8. The lowest BCUT2D eigenvalue weighted by molar-refractivity contribution is -0.120. The molecule has 0 heterocycles. The summed E-state index contributed by atoms with van der Waals surface area (Å²) < 4.78 is 36.8. The largest absolute Gasteiger partial charge is 0.497 e. The third-order valence-electron chi connectivity index (χ3n) is 4.85. The van der Waals surface area contributed by atoms with E-state index in [0.717, 1.165) is 23.8 Å². The van der Waals surface area contributed by atoms with Crippen molar-refractivity contribution in [1.82, 2.24) is 10.0 Å². The zero-order chi connectivity index (χ0) is 24.5. The fourth-order valence-corrected chi connectivity index (χ4v) is 3.59. The molecule has 0 fully saturated rings. The molecule has 0 radical (unpaired) electrons. The van der Waals surface area contributed by atoms with Gasteiger partial charge in [-0.1, -0.05) is 30.3 Å². The normalized spacial score (nSPS) is 11.3. The highest BCUT2D eigenvalue weighted by Crippen LogP contribution is 2.20. The second-order valence-electron chi connectivity index (χ2n) is 7.28. The van der Waals surface area contributed by atoms with Crippen molar-refractivity contribution in [2.45, 2.75) is 12.5 Å². The van der Waals surface area contributed by atoms with E-state index in [1.807, 2.05) is 30.3 Å². The van der Waals surface area contributed by atoms with Crippen LogP contribution in [0.2, 0.25) is 0 Å². The Hall–Kier alpha value is -3.79. The monoisotopic (exact) mass is 486 g/mol. The number of nitrogens with zero attached hydrogens (tertiary/aromatic N) is 1. The van der Waals surface area contributed by atoms with Crippen molar-refractivity contribution in [3.63, 3.8) is 0 Å². The third-order valence-corrected chi connectivity index (χ3v) is 5.48. The van der Waals surface area contributed by atoms with Crippen LogP contribution in [0.25, 0.3) is 0 Å². The molecule has 3 rings (SSSR count). The van der Waals surface area contributed by atoms with Gasteiger partial charge in [-0.05, 0) is 42.0 Å². The van der Waals surface area contributed by atoms with Gasteiger partial charge in [0.25, 0.3) is 0 Å². The Kier molecular flexibility index (Phi) is 8.69. The van der Waals surface area contributed by atoms with Gasteiger partial charge in [-0.2, -0.15) is 0 Å². The molecule has 178 valence electrons. The number of ether oxygens (including phenoxy) is 1. The van der Waals surface area contributed by atoms with Crippen LogP contribution in [0.4, 0.5) is 25.0 Å². The number of hydrogen-bond donors (Lipinski definition) is 3. The van der Waals surface area contributed by atoms with Crippen LogP contribution >= 0.6 is 12.1 Å². The Balaban J connectivity index is 1.66. The minimum atomic E-state index is -0.873. The number of methoxy groups -OCH3 is 1. The van der Waals surface area contributed by atoms with E-state index in [-0.39, 0.29) is 18.0 Å². The lowest BCUT2D eigenvalue weighted by Gasteiger charge is -2.25. The number of amides is 3. The zero-order valence-corrected chi connectivity index (χ0v) is 19.4. The van der Waals surface area contributed by atoms with Crippen molar-refractivity contribution in [2.24, 2.45) is 0 Å². The molecular formula is C24H24F2N4O3S. The van der Waals surface area contributed by atoms with Crippen LogP contribution in [0.15, 0.2) is 72.8 Å². The molecule has 0 saturated carbocycles. The third kappa shape index (κ3) is 7.11. The number of urea groups is 1. The highest BCUT2D eigenvalue weighted by atomic mass is 32.2. The summed E-state index contributed by atoms with van der Waals surface area (Å²) in [5, 5.41) is 2.67. The Morgan fingerprint density at radius 1 is 1.00 bits per heavy atom. The Labute approximate surface area is 200 Å². The molecule has 0 aliphatic heterocycles. The molecule has 34 heavy (non-hydrogen) atoms. The molecule has 0 aliphatic rings. The number of carbonyl (C=O) groups excluding carboxylic acids is 2. The molecule has 3 aromatic carbocycles. The molecule has 3 aromatic rings. The topological polar surface area (TPSA) is 82.7 Å². The van der Waals surface area contributed by atoms with Gasteiger partial charge in [-0.3, -0.25) is 9.52 Å². The fraction of sp³-hybridized carbons (Fsp3) is 0.167. The number of benzene rings is 3. The molecule has 1 atom stereocenters. The molecule has 1 unspecified atom stereocenters. The highest BCUT2D eigenvalue weighted by molar-refractivity contribution is 7.99. The van der Waals surface area contributed by atoms with Crippen LogP contribution in [0.5, 0.6) is 5.75 Å². The van der Waals surface area contributed by atoms with Crippen LogP contribution in [-0.2, 0) is 11.2 Å². The summed E-state index contributed by atoms with van der Waals surface area (Å²) in [7, 11) is 3.18. The number of hydrogen-bond acceptors (Lipinski definition) is 5. The van der Waals surface area contributed by atoms with Crippen molar-refractivity contribution in [3.05, 3.63) is 90.0 Å². The summed E-state index contributed by atoms with van der Waals surface area (Å²) in [6, 6.07) is 17.6. The summed E-state index contributed by atoms with van der Waals surface area (Å²) in [6.45, 7) is 0. The van der Waals surface area contributed by atoms with Crippen LogP contribution in [0.1, 0.15) is 5.56 Å². The Morgan fingerprint density at radius 2 is 1.65 bits per heavy atom. The minimum absolute atomic E-state index is 0.138. The molecule has 0 spiro atoms. The number of anilines is 2. The first-order valence-corrected chi connectivity index (χ1v) is 11.1. The Morgan fingerprint density at radius 3 is 2.26 bits per heavy atom. The number of carbonyl (C=O) groups is 2. The lowest BCUT2D eigenvalue weighted by Crippen LogP contribution is -2.50. The summed E-state index contributed by atoms with van der Waals surface area (Å²) in [5.41, 5.74) is 1.64. The zero-order valence-electron chi connectivity index (χ0n) is 18.5. The van der Waals surface area contributed by atoms with Gasteiger partial charge in [-0.25, -0.2) is 13.6 Å². The average molecular weight is 487 g/mol. The molecule has 3 amide bonds. The fourth-order valence-electron chi connectivity index (χ4n) is 3.15. The predicted octanol–water partition coefficient (Wildman–Crippen LogP) is 4.52. The second-order valence-corrected chi connectivity index (χ2v) is 7.89. The molecule has 0 saturated heterocycles. The minimum Gasteiger partial charge on any atom is -0.497 e. The molecule has 0 aromatic heterocycles. The summed E-state index contributed by atoms with van der Waals surface area (Å²) in [6.07, 6.45) is 0.265. The predicted molar refractivity (Wildman–Crippen MR) is 130 cm³/mol. The molecule has 3 N–H and O–H groups in total. The van der Waals surface area contributed by atoms with Gasteiger partial charge in [0.15, 0.2) is 0 Å². The molecule has 0 aliphatic carbocycles. The molecule has 0 bridgehead atoms. The van der Waals surface area contributed by atoms with E-state index in [1.165, 1.54) is 4.90 Å². The van der Waals surface area contributed by atoms with Crippen molar-refractivity contribution < 1.29 is 23.1 Å². The molecule has 10 heteroatoms. The van der Waals surface area contributed by atoms with E-state index in [9.17, 15) is 18.4 Å². The highest BCUT2D eigenvalue weighted by Gasteiger charge is 2.25. The van der Waals surface area contributed by atoms with Gasteiger partial charge in [0, 0.05) is 25.2 Å². The number of rotatable bonds is 9. The maximum Gasteiger partial charge on any atom is 0.326 e. The number of likely N-dealkylation sites (N-methyl/N-ethyl adjacent to an activating group) is 1. The van der Waals surface area contributed by atoms with Crippen LogP contribution in [0, 0.1) is 11.6 Å². The van der Waals surface area contributed by atoms with E-state index in [2.05, 4.69) is 14.8 Å². The van der Waals surface area contributed by atoms with Gasteiger partial charge in [0.1, 0.15) is 23.4 Å². The first-order valence-electron chi connectivity index (χ1n) is 10.3. The summed E-state index contributed by atoms with van der Waals surface area (Å²) in [4.78, 5) is 27.2. The molecule has 7 nitrogen and oxygen atoms in total. The Bertz CT molecular complexity index is 1100. The van der Waals surface area contributed by atoms with Crippen LogP contribution < -0.4 is 24.4 Å². The van der Waals surface area contributed by atoms with Gasteiger partial charge in [0.05, 0.1) is 24.9 Å². The van der Waals surface area contributed by atoms with E-state index in [4.69, 9.17) is 4.74 Å². The van der Waals surface area contributed by atoms with E-state index < -0.39 is 23.7 Å². The number of nitrogens with one attached hydrogen (secondary N) is 3. The van der Waals surface area contributed by atoms with E-state index in [1.54, 1.807) is 38.4 Å². The maximum atomic E-state index is 13.3. The smallest absolute Gasteiger partial charge is 0.326 e. The summed E-state index contributed by atoms with van der Waals surface area (Å²) in [5.74, 6) is -1.16. The van der Waals surface area contributed by atoms with Crippen molar-refractivity contribution >= 4 is 35.4 Å². The van der Waals surface area contributed by atoms with Crippen LogP contribution in [0.3, 0.4) is 0 Å². The van der Waals surface area contributed by atoms with Crippen LogP contribution in [-0.4, -0.2) is 32.1 Å². The van der Waals surface area contributed by atoms with Crippen molar-refractivity contribution in [3.8, 4) is 5.75 Å². The lowest BCUT2D eigenvalue weighted by atomic mass is 10.0. The van der Waals surface area contributed by atoms with Gasteiger partial charge >= 0.3 is 6.03 Å². The first-order chi connectivity index (χ1) is 16.4. The van der Waals surface area contributed by atoms with Crippen molar-refractivity contribution in [2.75, 3.05) is 23.8 Å². The number of halogens is 2. The average Bonchev–Trinajstić information content (AvgIpc) is 2.83. The van der Waals surface area contributed by atoms with E-state index in [0.29, 0.717) is 23.6 Å². The van der Waals surface area contributed by atoms with Gasteiger partial charge < -0.3 is 19.7 Å².